The lowest BCUT2D eigenvalue weighted by molar-refractivity contribution is -0.145. The van der Waals surface area contributed by atoms with Gasteiger partial charge in [0.25, 0.3) is 0 Å². The molecular weight excluding hydrogens is 1150 g/mol. The molecule has 0 aromatic rings. The monoisotopic (exact) mass is 1320 g/mol. The fraction of sp³-hybridized carbons (Fsp3) is 0.964. The first-order valence-electron chi connectivity index (χ1n) is 42.1. The van der Waals surface area contributed by atoms with E-state index in [0.29, 0.717) is 78.1 Å². The van der Waals surface area contributed by atoms with Crippen molar-refractivity contribution in [1.82, 2.24) is 14.7 Å². The van der Waals surface area contributed by atoms with Gasteiger partial charge in [-0.25, -0.2) is 0 Å². The second kappa shape index (κ2) is 77.6. The first-order valence-corrected chi connectivity index (χ1v) is 42.1. The van der Waals surface area contributed by atoms with Crippen molar-refractivity contribution in [3.8, 4) is 0 Å². The van der Waals surface area contributed by atoms with Gasteiger partial charge in [-0.05, 0) is 110 Å². The van der Waals surface area contributed by atoms with Crippen LogP contribution < -0.4 is 0 Å². The third kappa shape index (κ3) is 72.8. The van der Waals surface area contributed by atoms with Crippen molar-refractivity contribution < 1.29 is 33.7 Å². The molecule has 0 bridgehead atoms. The molecule has 10 nitrogen and oxygen atoms in total. The Morgan fingerprint density at radius 3 is 0.613 bits per heavy atom. The lowest BCUT2D eigenvalue weighted by atomic mass is 10.1. The van der Waals surface area contributed by atoms with Gasteiger partial charge in [0, 0.05) is 32.4 Å². The van der Waals surface area contributed by atoms with E-state index in [0.717, 1.165) is 96.9 Å². The molecule has 0 radical (unpaired) electrons. The molecule has 0 saturated heterocycles. The average molecular weight is 1320 g/mol. The topological polar surface area (TPSA) is 109 Å². The van der Waals surface area contributed by atoms with Crippen molar-refractivity contribution in [3.63, 3.8) is 0 Å². The molecule has 0 heterocycles. The number of unbranched alkanes of at least 4 members (excludes halogenated alkanes) is 50. The van der Waals surface area contributed by atoms with Gasteiger partial charge in [-0.15, -0.1) is 0 Å². The van der Waals surface area contributed by atoms with Crippen molar-refractivity contribution in [2.24, 2.45) is 0 Å². The molecule has 1 N–H and O–H groups in total. The molecule has 0 aromatic carbocycles. The first-order chi connectivity index (χ1) is 45.8. The number of aliphatic hydroxyl groups excluding tert-OH is 1. The number of hydrogen-bond acceptors (Lipinski definition) is 10. The lowest BCUT2D eigenvalue weighted by Gasteiger charge is -2.30. The fourth-order valence-corrected chi connectivity index (χ4v) is 13.5. The van der Waals surface area contributed by atoms with E-state index < -0.39 is 6.10 Å². The van der Waals surface area contributed by atoms with Crippen LogP contribution in [0.3, 0.4) is 0 Å². The highest BCUT2D eigenvalue weighted by Gasteiger charge is 2.18. The van der Waals surface area contributed by atoms with Gasteiger partial charge in [-0.3, -0.25) is 14.4 Å². The Morgan fingerprint density at radius 1 is 0.226 bits per heavy atom. The molecule has 0 amide bonds. The zero-order chi connectivity index (χ0) is 67.5. The van der Waals surface area contributed by atoms with Crippen LogP contribution in [0.15, 0.2) is 0 Å². The summed E-state index contributed by atoms with van der Waals surface area (Å²) in [5.74, 6) is -0.280. The molecular formula is C83H165N3O7. The van der Waals surface area contributed by atoms with Crippen molar-refractivity contribution in [2.45, 2.75) is 439 Å². The molecule has 554 valence electrons. The predicted octanol–water partition coefficient (Wildman–Crippen LogP) is 24.2. The van der Waals surface area contributed by atoms with E-state index in [4.69, 9.17) is 14.2 Å². The van der Waals surface area contributed by atoms with Gasteiger partial charge in [0.05, 0.1) is 25.9 Å². The van der Waals surface area contributed by atoms with Crippen LogP contribution in [0.5, 0.6) is 0 Å². The number of hydrogen-bond donors (Lipinski definition) is 1. The number of ether oxygens (including phenoxy) is 3. The van der Waals surface area contributed by atoms with Crippen LogP contribution in [-0.2, 0) is 28.6 Å². The standard InChI is InChI=1S/C83H165N3O7/c1-6-11-16-21-26-31-36-38-40-45-50-55-68-84(72-62-65-81(88)91-75-59-52-47-42-33-28-23-18-13-8-3)69-57-58-71-85(70-56-51-46-41-39-37-32-27-22-17-12-7-2)78-80(87)79-86(73-63-66-82(89)92-76-60-53-48-43-34-29-24-19-14-9-4)74-64-67-83(90)93-77-61-54-49-44-35-30-25-20-15-10-5/h80,87H,6-79H2,1-5H3. The Kier molecular flexibility index (Phi) is 76.1. The summed E-state index contributed by atoms with van der Waals surface area (Å²) in [7, 11) is 0. The molecule has 0 spiro atoms. The lowest BCUT2D eigenvalue weighted by Crippen LogP contribution is -2.42. The fourth-order valence-electron chi connectivity index (χ4n) is 13.5. The van der Waals surface area contributed by atoms with Crippen molar-refractivity contribution >= 4 is 17.9 Å². The summed E-state index contributed by atoms with van der Waals surface area (Å²) in [6, 6.07) is 0. The maximum atomic E-state index is 13.0. The highest BCUT2D eigenvalue weighted by atomic mass is 16.5. The quantitative estimate of drug-likeness (QED) is 0.0359. The average Bonchev–Trinajstić information content (AvgIpc) is 3.72. The van der Waals surface area contributed by atoms with Crippen molar-refractivity contribution in [3.05, 3.63) is 0 Å². The summed E-state index contributed by atoms with van der Waals surface area (Å²) < 4.78 is 17.2. The van der Waals surface area contributed by atoms with E-state index in [1.54, 1.807) is 0 Å². The van der Waals surface area contributed by atoms with Crippen LogP contribution in [0.25, 0.3) is 0 Å². The second-order valence-electron chi connectivity index (χ2n) is 29.1. The minimum atomic E-state index is -0.541. The first kappa shape index (κ1) is 91.2. The van der Waals surface area contributed by atoms with Gasteiger partial charge in [0.1, 0.15) is 0 Å². The number of nitrogens with zero attached hydrogens (tertiary/aromatic N) is 3. The van der Waals surface area contributed by atoms with Crippen LogP contribution in [0.1, 0.15) is 433 Å². The van der Waals surface area contributed by atoms with Gasteiger partial charge >= 0.3 is 17.9 Å². The van der Waals surface area contributed by atoms with Crippen LogP contribution >= 0.6 is 0 Å². The summed E-state index contributed by atoms with van der Waals surface area (Å²) in [6.07, 6.45) is 75.1. The van der Waals surface area contributed by atoms with E-state index in [1.165, 1.54) is 302 Å². The summed E-state index contributed by atoms with van der Waals surface area (Å²) in [6.45, 7) is 20.5. The number of carbonyl (C=O) groups is 3. The van der Waals surface area contributed by atoms with Gasteiger partial charge in [0.2, 0.25) is 0 Å². The largest absolute Gasteiger partial charge is 0.466 e. The molecule has 0 aliphatic carbocycles. The van der Waals surface area contributed by atoms with Crippen LogP contribution in [0.4, 0.5) is 0 Å². The summed E-state index contributed by atoms with van der Waals surface area (Å²) in [4.78, 5) is 46.3. The van der Waals surface area contributed by atoms with Gasteiger partial charge in [0.15, 0.2) is 0 Å². The SMILES string of the molecule is CCCCCCCCCCCCCCN(CCCCN(CCCCCCCCCCCCCC)CC(O)CN(CCCC(=O)OCCCCCCCCCCCC)CCCC(=O)OCCCCCCCCCCCC)CCCC(=O)OCCCCCCCCCCCC. The van der Waals surface area contributed by atoms with Gasteiger partial charge in [-0.2, -0.15) is 0 Å². The Morgan fingerprint density at radius 2 is 0.387 bits per heavy atom. The summed E-state index contributed by atoms with van der Waals surface area (Å²) in [5.41, 5.74) is 0. The van der Waals surface area contributed by atoms with E-state index in [9.17, 15) is 19.5 Å². The maximum absolute atomic E-state index is 13.0. The third-order valence-electron chi connectivity index (χ3n) is 19.6. The Labute approximate surface area is 581 Å². The Hall–Kier alpha value is -1.75. The Bertz CT molecular complexity index is 1440. The van der Waals surface area contributed by atoms with E-state index in [1.807, 2.05) is 0 Å². The number of aliphatic hydroxyl groups is 1. The number of carbonyl (C=O) groups excluding carboxylic acids is 3. The third-order valence-corrected chi connectivity index (χ3v) is 19.6. The van der Waals surface area contributed by atoms with Gasteiger partial charge in [-0.1, -0.05) is 349 Å². The molecule has 1 unspecified atom stereocenters. The molecule has 0 saturated carbocycles. The zero-order valence-corrected chi connectivity index (χ0v) is 63.6. The Balaban J connectivity index is 5.71. The van der Waals surface area contributed by atoms with Crippen molar-refractivity contribution in [2.75, 3.05) is 78.7 Å². The minimum absolute atomic E-state index is 0.0311. The van der Waals surface area contributed by atoms with Crippen LogP contribution in [0.2, 0.25) is 0 Å². The number of esters is 3. The zero-order valence-electron chi connectivity index (χ0n) is 63.6. The number of rotatable bonds is 80. The second-order valence-corrected chi connectivity index (χ2v) is 29.1. The van der Waals surface area contributed by atoms with Crippen LogP contribution in [0, 0.1) is 0 Å². The minimum Gasteiger partial charge on any atom is -0.466 e. The summed E-state index contributed by atoms with van der Waals surface area (Å²) in [5, 5.41) is 12.0. The normalized spacial score (nSPS) is 12.1. The van der Waals surface area contributed by atoms with E-state index in [-0.39, 0.29) is 17.9 Å². The highest BCUT2D eigenvalue weighted by Crippen LogP contribution is 2.18. The molecule has 10 heteroatoms. The molecule has 0 fully saturated rings. The summed E-state index contributed by atoms with van der Waals surface area (Å²) >= 11 is 0. The predicted molar refractivity (Wildman–Crippen MR) is 403 cm³/mol. The van der Waals surface area contributed by atoms with Crippen molar-refractivity contribution in [1.29, 1.82) is 0 Å². The molecule has 0 aliphatic rings. The molecule has 0 rings (SSSR count). The molecule has 1 atom stereocenters. The van der Waals surface area contributed by atoms with Crippen LogP contribution in [-0.4, -0.2) is 123 Å². The van der Waals surface area contributed by atoms with E-state index >= 15 is 0 Å². The van der Waals surface area contributed by atoms with Gasteiger partial charge < -0.3 is 34.0 Å². The highest BCUT2D eigenvalue weighted by molar-refractivity contribution is 5.70. The smallest absolute Gasteiger partial charge is 0.305 e. The molecule has 93 heavy (non-hydrogen) atoms. The molecule has 0 aromatic heterocycles. The molecule has 0 aliphatic heterocycles. The maximum Gasteiger partial charge on any atom is 0.305 e. The van der Waals surface area contributed by atoms with E-state index in [2.05, 4.69) is 49.3 Å².